The summed E-state index contributed by atoms with van der Waals surface area (Å²) in [7, 11) is -0.905. The molecular formula is C14H16FNO4S. The van der Waals surface area contributed by atoms with Gasteiger partial charge < -0.3 is 10.4 Å². The van der Waals surface area contributed by atoms with Crippen LogP contribution in [-0.2, 0) is 15.6 Å². The van der Waals surface area contributed by atoms with Gasteiger partial charge in [-0.2, -0.15) is 0 Å². The Morgan fingerprint density at radius 3 is 2.71 bits per heavy atom. The highest BCUT2D eigenvalue weighted by Gasteiger charge is 2.08. The molecule has 2 N–H and O–H groups in total. The standard InChI is InChI=1S/C14H16FNO4S/c1-21(20)8-2-7-16-14(19)11-4-3-10(12(15)9-11)5-6-13(17)18/h3-6,9H,2,7-8H2,1H3,(H,16,19)(H,17,18)/b6-5+. The van der Waals surface area contributed by atoms with E-state index in [0.717, 1.165) is 18.2 Å². The third kappa shape index (κ3) is 6.31. The molecule has 114 valence electrons. The van der Waals surface area contributed by atoms with Crippen LogP contribution in [0.2, 0.25) is 0 Å². The first-order valence-corrected chi connectivity index (χ1v) is 7.91. The molecule has 1 atom stereocenters. The lowest BCUT2D eigenvalue weighted by molar-refractivity contribution is -0.131. The number of amides is 1. The van der Waals surface area contributed by atoms with Crippen LogP contribution in [0.1, 0.15) is 22.3 Å². The van der Waals surface area contributed by atoms with Crippen molar-refractivity contribution in [3.8, 4) is 0 Å². The van der Waals surface area contributed by atoms with Crippen molar-refractivity contribution in [1.82, 2.24) is 5.32 Å². The maximum absolute atomic E-state index is 13.7. The Hall–Kier alpha value is -2.02. The zero-order valence-electron chi connectivity index (χ0n) is 11.5. The highest BCUT2D eigenvalue weighted by molar-refractivity contribution is 7.84. The van der Waals surface area contributed by atoms with Gasteiger partial charge >= 0.3 is 5.97 Å². The van der Waals surface area contributed by atoms with E-state index in [1.54, 1.807) is 6.26 Å². The van der Waals surface area contributed by atoms with E-state index in [0.29, 0.717) is 18.7 Å². The Bertz CT molecular complexity index is 586. The second-order valence-corrected chi connectivity index (χ2v) is 5.85. The Balaban J connectivity index is 2.63. The fourth-order valence-corrected chi connectivity index (χ4v) is 2.09. The summed E-state index contributed by atoms with van der Waals surface area (Å²) >= 11 is 0. The minimum absolute atomic E-state index is 0.0929. The van der Waals surface area contributed by atoms with E-state index < -0.39 is 28.5 Å². The fraction of sp³-hybridized carbons (Fsp3) is 0.286. The zero-order chi connectivity index (χ0) is 15.8. The van der Waals surface area contributed by atoms with Crippen molar-refractivity contribution in [2.75, 3.05) is 18.6 Å². The van der Waals surface area contributed by atoms with E-state index in [9.17, 15) is 18.2 Å². The second-order valence-electron chi connectivity index (χ2n) is 4.29. The number of rotatable bonds is 7. The molecule has 0 fully saturated rings. The molecule has 0 saturated carbocycles. The Labute approximate surface area is 124 Å². The summed E-state index contributed by atoms with van der Waals surface area (Å²) in [6.07, 6.45) is 4.11. The van der Waals surface area contributed by atoms with Gasteiger partial charge in [-0.25, -0.2) is 9.18 Å². The third-order valence-electron chi connectivity index (χ3n) is 2.56. The summed E-state index contributed by atoms with van der Waals surface area (Å²) in [5, 5.41) is 11.1. The van der Waals surface area contributed by atoms with Crippen molar-refractivity contribution in [3.05, 3.63) is 41.2 Å². The fourth-order valence-electron chi connectivity index (χ4n) is 1.54. The Morgan fingerprint density at radius 1 is 1.43 bits per heavy atom. The average Bonchev–Trinajstić information content (AvgIpc) is 2.41. The summed E-state index contributed by atoms with van der Waals surface area (Å²) < 4.78 is 24.5. The van der Waals surface area contributed by atoms with Crippen LogP contribution in [0.5, 0.6) is 0 Å². The third-order valence-corrected chi connectivity index (χ3v) is 3.43. The number of carboxylic acids is 1. The highest BCUT2D eigenvalue weighted by atomic mass is 32.2. The van der Waals surface area contributed by atoms with E-state index in [-0.39, 0.29) is 11.1 Å². The molecule has 1 rings (SSSR count). The molecule has 7 heteroatoms. The van der Waals surface area contributed by atoms with E-state index in [1.165, 1.54) is 12.1 Å². The first kappa shape index (κ1) is 17.0. The molecule has 0 aliphatic heterocycles. The van der Waals surface area contributed by atoms with Crippen molar-refractivity contribution in [2.24, 2.45) is 0 Å². The Kier molecular flexibility index (Phi) is 6.74. The maximum atomic E-state index is 13.7. The van der Waals surface area contributed by atoms with E-state index in [4.69, 9.17) is 5.11 Å². The van der Waals surface area contributed by atoms with Crippen LogP contribution in [0.3, 0.4) is 0 Å². The summed E-state index contributed by atoms with van der Waals surface area (Å²) in [6, 6.07) is 3.80. The average molecular weight is 313 g/mol. The van der Waals surface area contributed by atoms with Crippen LogP contribution in [0, 0.1) is 5.82 Å². The molecular weight excluding hydrogens is 297 g/mol. The van der Waals surface area contributed by atoms with Gasteiger partial charge in [0.15, 0.2) is 0 Å². The number of nitrogens with one attached hydrogen (secondary N) is 1. The van der Waals surface area contributed by atoms with E-state index in [2.05, 4.69) is 5.32 Å². The predicted octanol–water partition coefficient (Wildman–Crippen LogP) is 1.42. The van der Waals surface area contributed by atoms with Crippen molar-refractivity contribution >= 4 is 28.8 Å². The van der Waals surface area contributed by atoms with Crippen LogP contribution >= 0.6 is 0 Å². The van der Waals surface area contributed by atoms with Crippen molar-refractivity contribution in [3.63, 3.8) is 0 Å². The van der Waals surface area contributed by atoms with Gasteiger partial charge in [0.05, 0.1) is 0 Å². The summed E-state index contributed by atoms with van der Waals surface area (Å²) in [4.78, 5) is 22.1. The van der Waals surface area contributed by atoms with Crippen molar-refractivity contribution in [1.29, 1.82) is 0 Å². The van der Waals surface area contributed by atoms with Gasteiger partial charge in [-0.1, -0.05) is 6.07 Å². The number of aliphatic carboxylic acids is 1. The SMILES string of the molecule is CS(=O)CCCNC(=O)c1ccc(/C=C/C(=O)O)c(F)c1. The van der Waals surface area contributed by atoms with Gasteiger partial charge in [0.1, 0.15) is 5.82 Å². The van der Waals surface area contributed by atoms with Gasteiger partial charge in [-0.05, 0) is 24.6 Å². The predicted molar refractivity (Wildman–Crippen MR) is 79.0 cm³/mol. The summed E-state index contributed by atoms with van der Waals surface area (Å²) in [5.41, 5.74) is 0.243. The minimum Gasteiger partial charge on any atom is -0.478 e. The first-order valence-electron chi connectivity index (χ1n) is 6.19. The molecule has 1 aromatic carbocycles. The molecule has 5 nitrogen and oxygen atoms in total. The number of halogens is 1. The molecule has 1 unspecified atom stereocenters. The second kappa shape index (κ2) is 8.31. The van der Waals surface area contributed by atoms with Crippen molar-refractivity contribution in [2.45, 2.75) is 6.42 Å². The number of carbonyl (C=O) groups excluding carboxylic acids is 1. The van der Waals surface area contributed by atoms with Crippen LogP contribution in [0.4, 0.5) is 4.39 Å². The molecule has 0 bridgehead atoms. The lowest BCUT2D eigenvalue weighted by Crippen LogP contribution is -2.25. The van der Waals surface area contributed by atoms with Crippen LogP contribution < -0.4 is 5.32 Å². The van der Waals surface area contributed by atoms with Gasteiger partial charge in [-0.3, -0.25) is 9.00 Å². The topological polar surface area (TPSA) is 83.5 Å². The molecule has 0 aromatic heterocycles. The number of carboxylic acid groups (broad SMARTS) is 1. The molecule has 1 amide bonds. The molecule has 0 heterocycles. The molecule has 0 radical (unpaired) electrons. The summed E-state index contributed by atoms with van der Waals surface area (Å²) in [5.74, 6) is -1.78. The van der Waals surface area contributed by atoms with E-state index in [1.807, 2.05) is 0 Å². The molecule has 21 heavy (non-hydrogen) atoms. The largest absolute Gasteiger partial charge is 0.478 e. The smallest absolute Gasteiger partial charge is 0.328 e. The normalized spacial score (nSPS) is 12.3. The molecule has 0 saturated heterocycles. The van der Waals surface area contributed by atoms with Crippen LogP contribution in [-0.4, -0.2) is 39.7 Å². The van der Waals surface area contributed by atoms with Gasteiger partial charge in [-0.15, -0.1) is 0 Å². The lowest BCUT2D eigenvalue weighted by Gasteiger charge is -2.05. The number of benzene rings is 1. The van der Waals surface area contributed by atoms with Crippen LogP contribution in [0.15, 0.2) is 24.3 Å². The zero-order valence-corrected chi connectivity index (χ0v) is 12.3. The maximum Gasteiger partial charge on any atom is 0.328 e. The summed E-state index contributed by atoms with van der Waals surface area (Å²) in [6.45, 7) is 0.362. The molecule has 0 spiro atoms. The quantitative estimate of drug-likeness (QED) is 0.589. The highest BCUT2D eigenvalue weighted by Crippen LogP contribution is 2.12. The number of carbonyl (C=O) groups is 2. The van der Waals surface area contributed by atoms with Gasteiger partial charge in [0.2, 0.25) is 0 Å². The molecule has 0 aliphatic rings. The minimum atomic E-state index is -1.18. The van der Waals surface area contributed by atoms with Crippen LogP contribution in [0.25, 0.3) is 6.08 Å². The van der Waals surface area contributed by atoms with E-state index >= 15 is 0 Å². The molecule has 0 aliphatic carbocycles. The monoisotopic (exact) mass is 313 g/mol. The lowest BCUT2D eigenvalue weighted by atomic mass is 10.1. The number of hydrogen-bond acceptors (Lipinski definition) is 3. The Morgan fingerprint density at radius 2 is 2.14 bits per heavy atom. The van der Waals surface area contributed by atoms with Gasteiger partial charge in [0, 0.05) is 46.6 Å². The van der Waals surface area contributed by atoms with Gasteiger partial charge in [0.25, 0.3) is 5.91 Å². The number of hydrogen-bond donors (Lipinski definition) is 2. The molecule has 1 aromatic rings. The first-order chi connectivity index (χ1) is 9.90. The van der Waals surface area contributed by atoms with Crippen molar-refractivity contribution < 1.29 is 23.3 Å².